The lowest BCUT2D eigenvalue weighted by Gasteiger charge is -2.19. The third-order valence-electron chi connectivity index (χ3n) is 2.62. The van der Waals surface area contributed by atoms with Gasteiger partial charge in [0.15, 0.2) is 0 Å². The van der Waals surface area contributed by atoms with Gasteiger partial charge < -0.3 is 9.84 Å². The molecule has 2 nitrogen and oxygen atoms in total. The van der Waals surface area contributed by atoms with Crippen LogP contribution in [-0.2, 0) is 4.74 Å². The first-order chi connectivity index (χ1) is 6.58. The van der Waals surface area contributed by atoms with E-state index < -0.39 is 0 Å². The SMILES string of the molecule is CC1(C)CC(O)C(c2ccccc2)O1. The van der Waals surface area contributed by atoms with Crippen LogP contribution in [0.5, 0.6) is 0 Å². The number of ether oxygens (including phenoxy) is 1. The summed E-state index contributed by atoms with van der Waals surface area (Å²) < 4.78 is 5.80. The quantitative estimate of drug-likeness (QED) is 0.739. The van der Waals surface area contributed by atoms with E-state index in [0.717, 1.165) is 5.56 Å². The minimum atomic E-state index is -0.382. The lowest BCUT2D eigenvalue weighted by molar-refractivity contribution is -0.0333. The van der Waals surface area contributed by atoms with E-state index in [1.165, 1.54) is 0 Å². The molecule has 2 rings (SSSR count). The van der Waals surface area contributed by atoms with Gasteiger partial charge >= 0.3 is 0 Å². The normalized spacial score (nSPS) is 30.5. The second kappa shape index (κ2) is 3.37. The molecule has 1 aromatic carbocycles. The summed E-state index contributed by atoms with van der Waals surface area (Å²) in [6.07, 6.45) is 0.158. The topological polar surface area (TPSA) is 29.5 Å². The number of hydrogen-bond donors (Lipinski definition) is 1. The first kappa shape index (κ1) is 9.69. The van der Waals surface area contributed by atoms with Crippen molar-refractivity contribution in [3.8, 4) is 0 Å². The summed E-state index contributed by atoms with van der Waals surface area (Å²) in [5.74, 6) is 0. The molecule has 0 aliphatic carbocycles. The van der Waals surface area contributed by atoms with Crippen LogP contribution >= 0.6 is 0 Å². The second-order valence-electron chi connectivity index (χ2n) is 4.48. The molecule has 76 valence electrons. The van der Waals surface area contributed by atoms with Crippen LogP contribution in [0.25, 0.3) is 0 Å². The van der Waals surface area contributed by atoms with E-state index in [1.54, 1.807) is 0 Å². The average molecular weight is 192 g/mol. The van der Waals surface area contributed by atoms with Crippen LogP contribution in [0.1, 0.15) is 31.9 Å². The minimum Gasteiger partial charge on any atom is -0.390 e. The Hall–Kier alpha value is -0.860. The van der Waals surface area contributed by atoms with Crippen molar-refractivity contribution < 1.29 is 9.84 Å². The summed E-state index contributed by atoms with van der Waals surface area (Å²) >= 11 is 0. The Balaban J connectivity index is 2.21. The summed E-state index contributed by atoms with van der Waals surface area (Å²) in [7, 11) is 0. The molecule has 14 heavy (non-hydrogen) atoms. The summed E-state index contributed by atoms with van der Waals surface area (Å²) in [6, 6.07) is 9.90. The van der Waals surface area contributed by atoms with E-state index in [-0.39, 0.29) is 17.8 Å². The molecular weight excluding hydrogens is 176 g/mol. The zero-order valence-electron chi connectivity index (χ0n) is 8.60. The molecule has 1 aliphatic heterocycles. The highest BCUT2D eigenvalue weighted by Gasteiger charge is 2.39. The molecule has 0 amide bonds. The Morgan fingerprint density at radius 3 is 2.43 bits per heavy atom. The van der Waals surface area contributed by atoms with Crippen molar-refractivity contribution in [3.63, 3.8) is 0 Å². The zero-order chi connectivity index (χ0) is 10.2. The molecule has 1 heterocycles. The van der Waals surface area contributed by atoms with Crippen molar-refractivity contribution in [1.29, 1.82) is 0 Å². The third kappa shape index (κ3) is 1.81. The Morgan fingerprint density at radius 2 is 1.93 bits per heavy atom. The van der Waals surface area contributed by atoms with Gasteiger partial charge in [-0.15, -0.1) is 0 Å². The number of rotatable bonds is 1. The Bertz CT molecular complexity index is 305. The molecule has 0 saturated carbocycles. The Labute approximate surface area is 84.5 Å². The number of hydrogen-bond acceptors (Lipinski definition) is 2. The number of aliphatic hydroxyl groups is 1. The highest BCUT2D eigenvalue weighted by Crippen LogP contribution is 2.38. The average Bonchev–Trinajstić information content (AvgIpc) is 2.41. The molecule has 2 unspecified atom stereocenters. The zero-order valence-corrected chi connectivity index (χ0v) is 8.60. The summed E-state index contributed by atoms with van der Waals surface area (Å²) in [5.41, 5.74) is 0.852. The van der Waals surface area contributed by atoms with E-state index in [4.69, 9.17) is 4.74 Å². The van der Waals surface area contributed by atoms with Gasteiger partial charge in [0.05, 0.1) is 11.7 Å². The van der Waals surface area contributed by atoms with Crippen molar-refractivity contribution in [3.05, 3.63) is 35.9 Å². The van der Waals surface area contributed by atoms with Gasteiger partial charge in [-0.3, -0.25) is 0 Å². The maximum atomic E-state index is 9.85. The van der Waals surface area contributed by atoms with Gasteiger partial charge in [0.1, 0.15) is 6.10 Å². The summed E-state index contributed by atoms with van der Waals surface area (Å²) in [6.45, 7) is 4.03. The highest BCUT2D eigenvalue weighted by atomic mass is 16.5. The Morgan fingerprint density at radius 1 is 1.29 bits per heavy atom. The van der Waals surface area contributed by atoms with E-state index >= 15 is 0 Å². The molecule has 1 fully saturated rings. The lowest BCUT2D eigenvalue weighted by Crippen LogP contribution is -2.17. The van der Waals surface area contributed by atoms with E-state index in [1.807, 2.05) is 44.2 Å². The van der Waals surface area contributed by atoms with E-state index in [0.29, 0.717) is 6.42 Å². The smallest absolute Gasteiger partial charge is 0.109 e. The van der Waals surface area contributed by atoms with Crippen LogP contribution in [0.15, 0.2) is 30.3 Å². The van der Waals surface area contributed by atoms with Gasteiger partial charge in [-0.05, 0) is 19.4 Å². The predicted molar refractivity (Wildman–Crippen MR) is 55.0 cm³/mol. The molecule has 1 aromatic rings. The second-order valence-corrected chi connectivity index (χ2v) is 4.48. The van der Waals surface area contributed by atoms with Gasteiger partial charge in [0, 0.05) is 6.42 Å². The maximum Gasteiger partial charge on any atom is 0.109 e. The van der Waals surface area contributed by atoms with E-state index in [2.05, 4.69) is 0 Å². The van der Waals surface area contributed by atoms with Gasteiger partial charge in [-0.2, -0.15) is 0 Å². The van der Waals surface area contributed by atoms with Crippen molar-refractivity contribution in [1.82, 2.24) is 0 Å². The molecule has 0 spiro atoms. The maximum absolute atomic E-state index is 9.85. The van der Waals surface area contributed by atoms with Gasteiger partial charge in [0.2, 0.25) is 0 Å². The van der Waals surface area contributed by atoms with Gasteiger partial charge in [-0.25, -0.2) is 0 Å². The summed E-state index contributed by atoms with van der Waals surface area (Å²) in [4.78, 5) is 0. The molecule has 0 aromatic heterocycles. The molecule has 2 atom stereocenters. The van der Waals surface area contributed by atoms with Crippen LogP contribution in [0.3, 0.4) is 0 Å². The first-order valence-corrected chi connectivity index (χ1v) is 4.99. The fourth-order valence-electron chi connectivity index (χ4n) is 2.01. The fraction of sp³-hybridized carbons (Fsp3) is 0.500. The molecule has 0 radical (unpaired) electrons. The van der Waals surface area contributed by atoms with Gasteiger partial charge in [-0.1, -0.05) is 30.3 Å². The van der Waals surface area contributed by atoms with Crippen molar-refractivity contribution in [2.45, 2.75) is 38.1 Å². The van der Waals surface area contributed by atoms with Crippen molar-refractivity contribution in [2.75, 3.05) is 0 Å². The number of aliphatic hydroxyl groups excluding tert-OH is 1. The van der Waals surface area contributed by atoms with Crippen molar-refractivity contribution in [2.24, 2.45) is 0 Å². The van der Waals surface area contributed by atoms with Crippen LogP contribution in [0.2, 0.25) is 0 Å². The number of benzene rings is 1. The summed E-state index contributed by atoms with van der Waals surface area (Å²) in [5, 5.41) is 9.85. The van der Waals surface area contributed by atoms with Gasteiger partial charge in [0.25, 0.3) is 0 Å². The van der Waals surface area contributed by atoms with Crippen LogP contribution in [0, 0.1) is 0 Å². The van der Waals surface area contributed by atoms with E-state index in [9.17, 15) is 5.11 Å². The third-order valence-corrected chi connectivity index (χ3v) is 2.62. The van der Waals surface area contributed by atoms with Crippen LogP contribution in [0.4, 0.5) is 0 Å². The van der Waals surface area contributed by atoms with Crippen LogP contribution in [-0.4, -0.2) is 16.8 Å². The molecule has 1 N–H and O–H groups in total. The predicted octanol–water partition coefficient (Wildman–Crippen LogP) is 2.29. The Kier molecular flexibility index (Phi) is 2.33. The van der Waals surface area contributed by atoms with Crippen LogP contribution < -0.4 is 0 Å². The molecule has 2 heteroatoms. The largest absolute Gasteiger partial charge is 0.390 e. The molecular formula is C12H16O2. The molecule has 1 saturated heterocycles. The fourth-order valence-corrected chi connectivity index (χ4v) is 2.01. The standard InChI is InChI=1S/C12H16O2/c1-12(2)8-10(13)11(14-12)9-6-4-3-5-7-9/h3-7,10-11,13H,8H2,1-2H3. The first-order valence-electron chi connectivity index (χ1n) is 4.99. The molecule has 0 bridgehead atoms. The minimum absolute atomic E-state index is 0.161. The molecule has 1 aliphatic rings. The highest BCUT2D eigenvalue weighted by molar-refractivity contribution is 5.20. The monoisotopic (exact) mass is 192 g/mol. The lowest BCUT2D eigenvalue weighted by atomic mass is 10.00. The van der Waals surface area contributed by atoms with Crippen molar-refractivity contribution >= 4 is 0 Å².